The van der Waals surface area contributed by atoms with Crippen molar-refractivity contribution in [1.82, 2.24) is 0 Å². The fourth-order valence-corrected chi connectivity index (χ4v) is 5.95. The fraction of sp³-hybridized carbons (Fsp3) is 0.400. The molecule has 9 heteroatoms. The summed E-state index contributed by atoms with van der Waals surface area (Å²) in [6.07, 6.45) is -2.98. The molecule has 0 bridgehead atoms. The quantitative estimate of drug-likeness (QED) is 0.287. The van der Waals surface area contributed by atoms with E-state index in [2.05, 4.69) is 0 Å². The van der Waals surface area contributed by atoms with Gasteiger partial charge in [0, 0.05) is 0 Å². The van der Waals surface area contributed by atoms with Gasteiger partial charge >= 0.3 is 0 Å². The number of ether oxygens (including phenoxy) is 5. The second-order valence-corrected chi connectivity index (χ2v) is 11.4. The molecule has 0 radical (unpaired) electrons. The van der Waals surface area contributed by atoms with E-state index in [1.165, 1.54) is 0 Å². The predicted molar refractivity (Wildman–Crippen MR) is 144 cm³/mol. The summed E-state index contributed by atoms with van der Waals surface area (Å²) in [7, 11) is -3.89. The summed E-state index contributed by atoms with van der Waals surface area (Å²) in [4.78, 5) is 0. The summed E-state index contributed by atoms with van der Waals surface area (Å²) < 4.78 is 61.2. The third-order valence-electron chi connectivity index (χ3n) is 6.92. The normalized spacial score (nSPS) is 26.5. The molecule has 6 atom stereocenters. The Hall–Kier alpha value is -2.63. The van der Waals surface area contributed by atoms with Gasteiger partial charge in [0.2, 0.25) is 0 Å². The maximum Gasteiger partial charge on any atom is 0.264 e. The van der Waals surface area contributed by atoms with Crippen molar-refractivity contribution in [3.63, 3.8) is 0 Å². The lowest BCUT2D eigenvalue weighted by atomic mass is 9.80. The third-order valence-corrected chi connectivity index (χ3v) is 7.52. The van der Waals surface area contributed by atoms with Gasteiger partial charge in [-0.25, -0.2) is 0 Å². The molecule has 0 aliphatic carbocycles. The van der Waals surface area contributed by atoms with Crippen molar-refractivity contribution in [3.8, 4) is 0 Å². The molecule has 8 nitrogen and oxygen atoms in total. The molecule has 3 aromatic carbocycles. The van der Waals surface area contributed by atoms with Crippen LogP contribution >= 0.6 is 0 Å². The van der Waals surface area contributed by atoms with E-state index in [-0.39, 0.29) is 6.61 Å². The van der Waals surface area contributed by atoms with E-state index in [0.717, 1.165) is 22.9 Å². The zero-order valence-corrected chi connectivity index (χ0v) is 23.0. The molecule has 0 N–H and O–H groups in total. The lowest BCUT2D eigenvalue weighted by Crippen LogP contribution is -2.61. The van der Waals surface area contributed by atoms with Crippen LogP contribution in [0.4, 0.5) is 0 Å². The molecule has 0 amide bonds. The molecule has 0 spiro atoms. The molecule has 2 fully saturated rings. The van der Waals surface area contributed by atoms with Gasteiger partial charge in [-0.3, -0.25) is 4.18 Å². The molecule has 39 heavy (non-hydrogen) atoms. The third kappa shape index (κ3) is 6.25. The molecule has 3 aromatic rings. The number of rotatable bonds is 9. The van der Waals surface area contributed by atoms with Gasteiger partial charge in [-0.05, 0) is 30.5 Å². The summed E-state index contributed by atoms with van der Waals surface area (Å²) in [6, 6.07) is 29.5. The van der Waals surface area contributed by atoms with Gasteiger partial charge in [0.15, 0.2) is 12.6 Å². The Bertz CT molecular complexity index is 1210. The predicted octanol–water partition coefficient (Wildman–Crippen LogP) is 4.23. The van der Waals surface area contributed by atoms with Crippen LogP contribution in [-0.2, 0) is 43.6 Å². The molecule has 0 aromatic heterocycles. The van der Waals surface area contributed by atoms with Gasteiger partial charge in [-0.1, -0.05) is 91.0 Å². The Balaban J connectivity index is 1.58. The average molecular weight is 555 g/mol. The van der Waals surface area contributed by atoms with Crippen LogP contribution in [0.2, 0.25) is 0 Å². The van der Waals surface area contributed by atoms with E-state index in [9.17, 15) is 8.42 Å². The number of hydrogen-bond donors (Lipinski definition) is 0. The highest BCUT2D eigenvalue weighted by Crippen LogP contribution is 2.41. The van der Waals surface area contributed by atoms with Gasteiger partial charge in [0.05, 0.1) is 19.5 Å². The van der Waals surface area contributed by atoms with E-state index in [4.69, 9.17) is 27.9 Å². The standard InChI is InChI=1S/C30H34O8S/c1-21-33-19-26-28(36-21)29(37-22(2)35-26)27(38-39(3,31)32)20-34-30(23-13-7-4-8-14-23,24-15-9-5-10-16-24)25-17-11-6-12-18-25/h4-18,21-22,26-29H,19-20H2,1-3H3/t21-,22+,26-,27+,28+,29-/m0/s1. The van der Waals surface area contributed by atoms with Crippen molar-refractivity contribution in [2.75, 3.05) is 19.5 Å². The molecular weight excluding hydrogens is 520 g/mol. The SMILES string of the molecule is C[C@H]1OC[C@@H]2O[C@@H](C)O[C@@H]([C@@H](COC(c3ccccc3)(c3ccccc3)c3ccccc3)OS(C)(=O)=O)[C@@H]2O1. The van der Waals surface area contributed by atoms with E-state index in [1.54, 1.807) is 13.8 Å². The van der Waals surface area contributed by atoms with Crippen LogP contribution in [0.25, 0.3) is 0 Å². The molecule has 0 unspecified atom stereocenters. The minimum absolute atomic E-state index is 0.120. The highest BCUT2D eigenvalue weighted by Gasteiger charge is 2.49. The molecule has 208 valence electrons. The maximum absolute atomic E-state index is 12.5. The highest BCUT2D eigenvalue weighted by molar-refractivity contribution is 7.86. The van der Waals surface area contributed by atoms with E-state index >= 15 is 0 Å². The van der Waals surface area contributed by atoms with E-state index < -0.39 is 52.7 Å². The monoisotopic (exact) mass is 554 g/mol. The molecule has 2 aliphatic heterocycles. The first-order valence-electron chi connectivity index (χ1n) is 13.0. The van der Waals surface area contributed by atoms with Gasteiger partial charge in [-0.15, -0.1) is 0 Å². The molecule has 5 rings (SSSR count). The van der Waals surface area contributed by atoms with Crippen molar-refractivity contribution >= 4 is 10.1 Å². The number of fused-ring (bicyclic) bond motifs is 1. The van der Waals surface area contributed by atoms with Crippen LogP contribution in [0.15, 0.2) is 91.0 Å². The Labute approximate surface area is 229 Å². The minimum Gasteiger partial charge on any atom is -0.358 e. The summed E-state index contributed by atoms with van der Waals surface area (Å²) in [5, 5.41) is 0. The molecule has 0 saturated carbocycles. The second-order valence-electron chi connectivity index (χ2n) is 9.77. The summed E-state index contributed by atoms with van der Waals surface area (Å²) >= 11 is 0. The Morgan fingerprint density at radius 3 is 1.79 bits per heavy atom. The van der Waals surface area contributed by atoms with Crippen molar-refractivity contribution < 1.29 is 36.3 Å². The summed E-state index contributed by atoms with van der Waals surface area (Å²) in [5.74, 6) is 0. The fourth-order valence-electron chi connectivity index (χ4n) is 5.33. The van der Waals surface area contributed by atoms with Gasteiger partial charge in [-0.2, -0.15) is 8.42 Å². The first-order chi connectivity index (χ1) is 18.8. The van der Waals surface area contributed by atoms with E-state index in [0.29, 0.717) is 6.61 Å². The van der Waals surface area contributed by atoms with Crippen molar-refractivity contribution in [2.45, 2.75) is 56.4 Å². The van der Waals surface area contributed by atoms with Crippen LogP contribution in [-0.4, -0.2) is 64.9 Å². The highest BCUT2D eigenvalue weighted by atomic mass is 32.2. The van der Waals surface area contributed by atoms with Crippen LogP contribution in [0.5, 0.6) is 0 Å². The largest absolute Gasteiger partial charge is 0.358 e. The lowest BCUT2D eigenvalue weighted by molar-refractivity contribution is -0.360. The zero-order valence-electron chi connectivity index (χ0n) is 22.2. The van der Waals surface area contributed by atoms with Crippen LogP contribution in [0.1, 0.15) is 30.5 Å². The first kappa shape index (κ1) is 27.9. The van der Waals surface area contributed by atoms with Crippen molar-refractivity contribution in [2.24, 2.45) is 0 Å². The second kappa shape index (κ2) is 11.9. The van der Waals surface area contributed by atoms with Crippen LogP contribution < -0.4 is 0 Å². The summed E-state index contributed by atoms with van der Waals surface area (Å²) in [5.41, 5.74) is 1.59. The van der Waals surface area contributed by atoms with Gasteiger partial charge in [0.1, 0.15) is 30.0 Å². The van der Waals surface area contributed by atoms with Gasteiger partial charge < -0.3 is 23.7 Å². The average Bonchev–Trinajstić information content (AvgIpc) is 2.94. The molecule has 2 aliphatic rings. The zero-order chi connectivity index (χ0) is 27.5. The molecule has 2 heterocycles. The lowest BCUT2D eigenvalue weighted by Gasteiger charge is -2.47. The van der Waals surface area contributed by atoms with E-state index in [1.807, 2.05) is 91.0 Å². The number of benzene rings is 3. The van der Waals surface area contributed by atoms with Gasteiger partial charge in [0.25, 0.3) is 10.1 Å². The van der Waals surface area contributed by atoms with Crippen LogP contribution in [0, 0.1) is 0 Å². The molecule has 2 saturated heterocycles. The Morgan fingerprint density at radius 2 is 1.31 bits per heavy atom. The number of hydrogen-bond acceptors (Lipinski definition) is 8. The minimum atomic E-state index is -3.89. The van der Waals surface area contributed by atoms with Crippen molar-refractivity contribution in [3.05, 3.63) is 108 Å². The van der Waals surface area contributed by atoms with Crippen molar-refractivity contribution in [1.29, 1.82) is 0 Å². The Kier molecular flexibility index (Phi) is 8.49. The van der Waals surface area contributed by atoms with Crippen LogP contribution in [0.3, 0.4) is 0 Å². The topological polar surface area (TPSA) is 89.5 Å². The maximum atomic E-state index is 12.5. The molecular formula is C30H34O8S. The first-order valence-corrected chi connectivity index (χ1v) is 14.8. The Morgan fingerprint density at radius 1 is 0.795 bits per heavy atom. The summed E-state index contributed by atoms with van der Waals surface area (Å²) in [6.45, 7) is 3.71. The smallest absolute Gasteiger partial charge is 0.264 e.